The number of hydrogen-bond acceptors (Lipinski definition) is 3. The zero-order chi connectivity index (χ0) is 13.5. The highest BCUT2D eigenvalue weighted by molar-refractivity contribution is 9.10. The molecule has 0 aliphatic carbocycles. The number of amides is 1. The lowest BCUT2D eigenvalue weighted by atomic mass is 10.1. The number of ether oxygens (including phenoxy) is 1. The third-order valence-corrected chi connectivity index (χ3v) is 2.94. The maximum absolute atomic E-state index is 12.0. The molecule has 1 rings (SSSR count). The van der Waals surface area contributed by atoms with Crippen LogP contribution in [0.2, 0.25) is 0 Å². The Hall–Kier alpha value is -0.910. The summed E-state index contributed by atoms with van der Waals surface area (Å²) in [6.45, 7) is 2.34. The molecule has 1 amide bonds. The van der Waals surface area contributed by atoms with Crippen molar-refractivity contribution in [1.82, 2.24) is 5.32 Å². The zero-order valence-corrected chi connectivity index (χ0v) is 12.2. The van der Waals surface area contributed by atoms with Crippen LogP contribution in [0.25, 0.3) is 0 Å². The van der Waals surface area contributed by atoms with Gasteiger partial charge in [0.25, 0.3) is 5.91 Å². The molecule has 4 nitrogen and oxygen atoms in total. The predicted octanol–water partition coefficient (Wildman–Crippen LogP) is 1.88. The minimum atomic E-state index is -0.174. The number of aryl methyl sites for hydroxylation is 1. The van der Waals surface area contributed by atoms with Crippen LogP contribution in [0.5, 0.6) is 0 Å². The first kappa shape index (κ1) is 15.1. The molecule has 0 spiro atoms. The maximum atomic E-state index is 12.0. The summed E-state index contributed by atoms with van der Waals surface area (Å²) >= 11 is 3.36. The Morgan fingerprint density at radius 1 is 1.50 bits per heavy atom. The second-order valence-corrected chi connectivity index (χ2v) is 5.07. The molecular formula is C13H18BrNO3. The molecule has 0 aliphatic heterocycles. The average Bonchev–Trinajstić information content (AvgIpc) is 2.28. The summed E-state index contributed by atoms with van der Waals surface area (Å²) in [6.07, 6.45) is 0.479. The summed E-state index contributed by atoms with van der Waals surface area (Å²) in [5.41, 5.74) is 1.61. The molecule has 1 aromatic rings. The second kappa shape index (κ2) is 7.51. The number of rotatable bonds is 6. The molecule has 1 unspecified atom stereocenters. The molecule has 0 saturated carbocycles. The Balaban J connectivity index is 2.73. The standard InChI is InChI=1S/C13H18BrNO3/c1-9-5-10(7-11(14)6-9)13(17)15-12(3-4-16)8-18-2/h5-7,12,16H,3-4,8H2,1-2H3,(H,15,17). The number of methoxy groups -OCH3 is 1. The molecule has 0 fully saturated rings. The SMILES string of the molecule is COCC(CCO)NC(=O)c1cc(C)cc(Br)c1. The number of aliphatic hydroxyl groups excluding tert-OH is 1. The molecule has 0 saturated heterocycles. The van der Waals surface area contributed by atoms with Gasteiger partial charge in [-0.05, 0) is 37.1 Å². The van der Waals surface area contributed by atoms with E-state index in [1.165, 1.54) is 0 Å². The molecule has 18 heavy (non-hydrogen) atoms. The van der Waals surface area contributed by atoms with Gasteiger partial charge in [0, 0.05) is 23.8 Å². The summed E-state index contributed by atoms with van der Waals surface area (Å²) in [4.78, 5) is 12.0. The van der Waals surface area contributed by atoms with Gasteiger partial charge < -0.3 is 15.2 Å². The van der Waals surface area contributed by atoms with Gasteiger partial charge in [-0.1, -0.05) is 15.9 Å². The van der Waals surface area contributed by atoms with Crippen molar-refractivity contribution in [3.05, 3.63) is 33.8 Å². The van der Waals surface area contributed by atoms with Crippen LogP contribution in [-0.2, 0) is 4.74 Å². The molecular weight excluding hydrogens is 298 g/mol. The lowest BCUT2D eigenvalue weighted by Crippen LogP contribution is -2.38. The van der Waals surface area contributed by atoms with E-state index in [1.54, 1.807) is 13.2 Å². The van der Waals surface area contributed by atoms with E-state index < -0.39 is 0 Å². The molecule has 0 aromatic heterocycles. The number of carbonyl (C=O) groups is 1. The van der Waals surface area contributed by atoms with Crippen molar-refractivity contribution in [3.63, 3.8) is 0 Å². The Labute approximate surface area is 115 Å². The third kappa shape index (κ3) is 4.76. The monoisotopic (exact) mass is 315 g/mol. The van der Waals surface area contributed by atoms with Gasteiger partial charge in [0.15, 0.2) is 0 Å². The Morgan fingerprint density at radius 3 is 2.78 bits per heavy atom. The van der Waals surface area contributed by atoms with Gasteiger partial charge in [-0.2, -0.15) is 0 Å². The highest BCUT2D eigenvalue weighted by Gasteiger charge is 2.13. The van der Waals surface area contributed by atoms with Crippen molar-refractivity contribution in [2.45, 2.75) is 19.4 Å². The number of halogens is 1. The average molecular weight is 316 g/mol. The number of nitrogens with one attached hydrogen (secondary N) is 1. The largest absolute Gasteiger partial charge is 0.396 e. The van der Waals surface area contributed by atoms with Crippen LogP contribution in [0, 0.1) is 6.92 Å². The maximum Gasteiger partial charge on any atom is 0.251 e. The van der Waals surface area contributed by atoms with Crippen molar-refractivity contribution >= 4 is 21.8 Å². The van der Waals surface area contributed by atoms with Crippen molar-refractivity contribution in [2.75, 3.05) is 20.3 Å². The normalized spacial score (nSPS) is 12.2. The lowest BCUT2D eigenvalue weighted by Gasteiger charge is -2.17. The summed E-state index contributed by atoms with van der Waals surface area (Å²) in [5.74, 6) is -0.157. The van der Waals surface area contributed by atoms with Crippen LogP contribution in [0.1, 0.15) is 22.3 Å². The van der Waals surface area contributed by atoms with Gasteiger partial charge in [0.1, 0.15) is 0 Å². The first-order chi connectivity index (χ1) is 8.56. The van der Waals surface area contributed by atoms with Crippen molar-refractivity contribution in [3.8, 4) is 0 Å². The predicted molar refractivity (Wildman–Crippen MR) is 73.7 cm³/mol. The number of carbonyl (C=O) groups excluding carboxylic acids is 1. The van der Waals surface area contributed by atoms with E-state index in [9.17, 15) is 4.79 Å². The fourth-order valence-electron chi connectivity index (χ4n) is 1.69. The van der Waals surface area contributed by atoms with E-state index in [1.807, 2.05) is 19.1 Å². The van der Waals surface area contributed by atoms with Gasteiger partial charge in [-0.25, -0.2) is 0 Å². The van der Waals surface area contributed by atoms with Crippen LogP contribution in [-0.4, -0.2) is 37.4 Å². The fraction of sp³-hybridized carbons (Fsp3) is 0.462. The van der Waals surface area contributed by atoms with E-state index in [2.05, 4.69) is 21.2 Å². The summed E-state index contributed by atoms with van der Waals surface area (Å²) in [7, 11) is 1.57. The van der Waals surface area contributed by atoms with Crippen LogP contribution in [0.4, 0.5) is 0 Å². The molecule has 0 aliphatic rings. The van der Waals surface area contributed by atoms with Gasteiger partial charge in [-0.15, -0.1) is 0 Å². The number of benzene rings is 1. The van der Waals surface area contributed by atoms with Crippen LogP contribution in [0.3, 0.4) is 0 Å². The van der Waals surface area contributed by atoms with Gasteiger partial charge >= 0.3 is 0 Å². The topological polar surface area (TPSA) is 58.6 Å². The van der Waals surface area contributed by atoms with Crippen LogP contribution >= 0.6 is 15.9 Å². The lowest BCUT2D eigenvalue weighted by molar-refractivity contribution is 0.0878. The van der Waals surface area contributed by atoms with Crippen LogP contribution in [0.15, 0.2) is 22.7 Å². The summed E-state index contributed by atoms with van der Waals surface area (Å²) in [6, 6.07) is 5.36. The van der Waals surface area contributed by atoms with Crippen LogP contribution < -0.4 is 5.32 Å². The third-order valence-electron chi connectivity index (χ3n) is 2.48. The highest BCUT2D eigenvalue weighted by Crippen LogP contribution is 2.15. The van der Waals surface area contributed by atoms with E-state index in [0.29, 0.717) is 18.6 Å². The van der Waals surface area contributed by atoms with E-state index in [4.69, 9.17) is 9.84 Å². The van der Waals surface area contributed by atoms with Crippen molar-refractivity contribution < 1.29 is 14.6 Å². The highest BCUT2D eigenvalue weighted by atomic mass is 79.9. The van der Waals surface area contributed by atoms with Gasteiger partial charge in [-0.3, -0.25) is 4.79 Å². The Bertz CT molecular complexity index is 383. The molecule has 1 aromatic carbocycles. The van der Waals surface area contributed by atoms with Crippen molar-refractivity contribution in [2.24, 2.45) is 0 Å². The van der Waals surface area contributed by atoms with Gasteiger partial charge in [0.05, 0.1) is 12.6 Å². The molecule has 0 radical (unpaired) electrons. The van der Waals surface area contributed by atoms with Gasteiger partial charge in [0.2, 0.25) is 0 Å². The second-order valence-electron chi connectivity index (χ2n) is 4.16. The summed E-state index contributed by atoms with van der Waals surface area (Å²) in [5, 5.41) is 11.8. The minimum Gasteiger partial charge on any atom is -0.396 e. The molecule has 0 heterocycles. The number of aliphatic hydroxyl groups is 1. The Morgan fingerprint density at radius 2 is 2.22 bits per heavy atom. The van der Waals surface area contributed by atoms with E-state index in [0.717, 1.165) is 10.0 Å². The molecule has 100 valence electrons. The quantitative estimate of drug-likeness (QED) is 0.842. The fourth-order valence-corrected chi connectivity index (χ4v) is 2.30. The zero-order valence-electron chi connectivity index (χ0n) is 10.6. The first-order valence-corrected chi connectivity index (χ1v) is 6.54. The molecule has 0 bridgehead atoms. The number of hydrogen-bond donors (Lipinski definition) is 2. The van der Waals surface area contributed by atoms with Crippen molar-refractivity contribution in [1.29, 1.82) is 0 Å². The molecule has 5 heteroatoms. The molecule has 2 N–H and O–H groups in total. The molecule has 1 atom stereocenters. The Kier molecular flexibility index (Phi) is 6.32. The first-order valence-electron chi connectivity index (χ1n) is 5.74. The van der Waals surface area contributed by atoms with E-state index >= 15 is 0 Å². The summed E-state index contributed by atoms with van der Waals surface area (Å²) < 4.78 is 5.88. The minimum absolute atomic E-state index is 0.0197. The van der Waals surface area contributed by atoms with E-state index in [-0.39, 0.29) is 18.6 Å². The smallest absolute Gasteiger partial charge is 0.251 e.